The van der Waals surface area contributed by atoms with E-state index in [1.807, 2.05) is 0 Å². The Morgan fingerprint density at radius 2 is 2.25 bits per heavy atom. The van der Waals surface area contributed by atoms with Gasteiger partial charge in [-0.2, -0.15) is 0 Å². The molecule has 0 aromatic heterocycles. The monoisotopic (exact) mass is 221 g/mol. The van der Waals surface area contributed by atoms with Gasteiger partial charge in [-0.1, -0.05) is 6.92 Å². The van der Waals surface area contributed by atoms with E-state index in [9.17, 15) is 4.39 Å². The van der Waals surface area contributed by atoms with Crippen LogP contribution in [0.5, 0.6) is 5.75 Å². The molecule has 0 amide bonds. The molecule has 16 heavy (non-hydrogen) atoms. The van der Waals surface area contributed by atoms with Crippen molar-refractivity contribution in [2.45, 2.75) is 19.8 Å². The highest BCUT2D eigenvalue weighted by Crippen LogP contribution is 2.23. The molecule has 0 fully saturated rings. The molecule has 1 aromatic carbocycles. The number of hydrogen-bond donors (Lipinski definition) is 0. The maximum atomic E-state index is 13.2. The van der Waals surface area contributed by atoms with Crippen LogP contribution in [0.3, 0.4) is 0 Å². The molecule has 0 saturated carbocycles. The summed E-state index contributed by atoms with van der Waals surface area (Å²) in [4.78, 5) is 4.52. The van der Waals surface area contributed by atoms with Gasteiger partial charge in [0.25, 0.3) is 0 Å². The molecule has 0 spiro atoms. The molecular formula is C13H16FNO. The van der Waals surface area contributed by atoms with Crippen LogP contribution < -0.4 is 4.74 Å². The average molecular weight is 221 g/mol. The van der Waals surface area contributed by atoms with E-state index in [1.54, 1.807) is 12.1 Å². The fraction of sp³-hybridized carbons (Fsp3) is 0.462. The topological polar surface area (TPSA) is 21.6 Å². The lowest BCUT2D eigenvalue weighted by Crippen LogP contribution is -2.14. The molecule has 2 nitrogen and oxygen atoms in total. The van der Waals surface area contributed by atoms with Gasteiger partial charge in [-0.05, 0) is 42.5 Å². The molecule has 1 aliphatic heterocycles. The minimum Gasteiger partial charge on any atom is -0.494 e. The Bertz CT molecular complexity index is 414. The lowest BCUT2D eigenvalue weighted by Gasteiger charge is -2.17. The van der Waals surface area contributed by atoms with Gasteiger partial charge >= 0.3 is 0 Å². The Balaban J connectivity index is 2.27. The molecule has 3 heteroatoms. The second-order valence-corrected chi connectivity index (χ2v) is 4.28. The molecule has 0 aliphatic carbocycles. The molecule has 1 aromatic rings. The van der Waals surface area contributed by atoms with Crippen LogP contribution in [0.15, 0.2) is 23.2 Å². The first kappa shape index (κ1) is 11.1. The highest BCUT2D eigenvalue weighted by Gasteiger charge is 2.14. The van der Waals surface area contributed by atoms with Crippen molar-refractivity contribution in [1.82, 2.24) is 0 Å². The number of ether oxygens (including phenoxy) is 1. The van der Waals surface area contributed by atoms with Crippen LogP contribution in [0.4, 0.5) is 4.39 Å². The predicted octanol–water partition coefficient (Wildman–Crippen LogP) is 3.05. The van der Waals surface area contributed by atoms with Crippen LogP contribution in [-0.4, -0.2) is 19.4 Å². The first-order valence-electron chi connectivity index (χ1n) is 5.58. The van der Waals surface area contributed by atoms with E-state index in [0.717, 1.165) is 30.7 Å². The van der Waals surface area contributed by atoms with Gasteiger partial charge in [-0.25, -0.2) is 4.39 Å². The van der Waals surface area contributed by atoms with Gasteiger partial charge in [-0.15, -0.1) is 0 Å². The van der Waals surface area contributed by atoms with Gasteiger partial charge in [0.1, 0.15) is 0 Å². The summed E-state index contributed by atoms with van der Waals surface area (Å²) in [6.45, 7) is 3.07. The van der Waals surface area contributed by atoms with Crippen LogP contribution in [-0.2, 0) is 0 Å². The molecular weight excluding hydrogens is 205 g/mol. The molecule has 1 aliphatic rings. The average Bonchev–Trinajstić information content (AvgIpc) is 2.31. The third-order valence-corrected chi connectivity index (χ3v) is 2.95. The Morgan fingerprint density at radius 3 is 2.88 bits per heavy atom. The summed E-state index contributed by atoms with van der Waals surface area (Å²) < 4.78 is 18.2. The van der Waals surface area contributed by atoms with Crippen molar-refractivity contribution in [2.24, 2.45) is 10.9 Å². The zero-order valence-electron chi connectivity index (χ0n) is 9.66. The van der Waals surface area contributed by atoms with Crippen LogP contribution in [0.1, 0.15) is 25.3 Å². The van der Waals surface area contributed by atoms with Gasteiger partial charge < -0.3 is 4.74 Å². The number of rotatable bonds is 2. The summed E-state index contributed by atoms with van der Waals surface area (Å²) in [5.74, 6) is 0.626. The number of halogens is 1. The van der Waals surface area contributed by atoms with E-state index in [2.05, 4.69) is 11.9 Å². The van der Waals surface area contributed by atoms with E-state index in [1.165, 1.54) is 13.2 Å². The molecule has 0 bridgehead atoms. The summed E-state index contributed by atoms with van der Waals surface area (Å²) in [5.41, 5.74) is 2.04. The third kappa shape index (κ3) is 2.23. The van der Waals surface area contributed by atoms with E-state index in [-0.39, 0.29) is 5.82 Å². The maximum Gasteiger partial charge on any atom is 0.165 e. The summed E-state index contributed by atoms with van der Waals surface area (Å²) in [6.07, 6.45) is 2.12. The minimum atomic E-state index is -0.323. The van der Waals surface area contributed by atoms with Crippen molar-refractivity contribution in [3.05, 3.63) is 29.6 Å². The minimum absolute atomic E-state index is 0.291. The van der Waals surface area contributed by atoms with Crippen molar-refractivity contribution >= 4 is 5.71 Å². The Labute approximate surface area is 95.2 Å². The molecule has 1 heterocycles. The standard InChI is InChI=1S/C13H16FNO/c1-9-3-6-12(15-8-9)10-4-5-11(14)13(7-10)16-2/h4-5,7,9H,3,6,8H2,1-2H3/t9-/m0/s1. The van der Waals surface area contributed by atoms with Gasteiger partial charge in [0, 0.05) is 12.3 Å². The van der Waals surface area contributed by atoms with E-state index in [4.69, 9.17) is 4.74 Å². The van der Waals surface area contributed by atoms with Gasteiger partial charge in [-0.3, -0.25) is 4.99 Å². The van der Waals surface area contributed by atoms with Gasteiger partial charge in [0.2, 0.25) is 0 Å². The van der Waals surface area contributed by atoms with Crippen LogP contribution in [0.2, 0.25) is 0 Å². The van der Waals surface area contributed by atoms with E-state index < -0.39 is 0 Å². The smallest absolute Gasteiger partial charge is 0.165 e. The highest BCUT2D eigenvalue weighted by molar-refractivity contribution is 6.01. The summed E-state index contributed by atoms with van der Waals surface area (Å²) in [6, 6.07) is 4.94. The van der Waals surface area contributed by atoms with Crippen molar-refractivity contribution in [3.8, 4) is 5.75 Å². The molecule has 1 atom stereocenters. The zero-order valence-corrected chi connectivity index (χ0v) is 9.66. The van der Waals surface area contributed by atoms with Gasteiger partial charge in [0.15, 0.2) is 11.6 Å². The quantitative estimate of drug-likeness (QED) is 0.752. The van der Waals surface area contributed by atoms with Crippen molar-refractivity contribution in [2.75, 3.05) is 13.7 Å². The summed E-state index contributed by atoms with van der Waals surface area (Å²) in [7, 11) is 1.48. The molecule has 0 saturated heterocycles. The molecule has 0 N–H and O–H groups in total. The fourth-order valence-electron chi connectivity index (χ4n) is 1.89. The van der Waals surface area contributed by atoms with Gasteiger partial charge in [0.05, 0.1) is 7.11 Å². The largest absolute Gasteiger partial charge is 0.494 e. The normalized spacial score (nSPS) is 20.4. The maximum absolute atomic E-state index is 13.2. The van der Waals surface area contributed by atoms with Crippen LogP contribution >= 0.6 is 0 Å². The first-order valence-corrected chi connectivity index (χ1v) is 5.58. The molecule has 2 rings (SSSR count). The highest BCUT2D eigenvalue weighted by atomic mass is 19.1. The first-order chi connectivity index (χ1) is 7.70. The Morgan fingerprint density at radius 1 is 1.44 bits per heavy atom. The zero-order chi connectivity index (χ0) is 11.5. The molecule has 0 radical (unpaired) electrons. The Hall–Kier alpha value is -1.38. The van der Waals surface area contributed by atoms with Crippen molar-refractivity contribution in [3.63, 3.8) is 0 Å². The third-order valence-electron chi connectivity index (χ3n) is 2.95. The second kappa shape index (κ2) is 4.64. The van der Waals surface area contributed by atoms with Crippen molar-refractivity contribution < 1.29 is 9.13 Å². The van der Waals surface area contributed by atoms with Crippen LogP contribution in [0, 0.1) is 11.7 Å². The van der Waals surface area contributed by atoms with Crippen molar-refractivity contribution in [1.29, 1.82) is 0 Å². The number of methoxy groups -OCH3 is 1. The lowest BCUT2D eigenvalue weighted by atomic mass is 9.96. The second-order valence-electron chi connectivity index (χ2n) is 4.28. The number of hydrogen-bond acceptors (Lipinski definition) is 2. The molecule has 0 unspecified atom stereocenters. The Kier molecular flexibility index (Phi) is 3.22. The number of nitrogens with zero attached hydrogens (tertiary/aromatic N) is 1. The predicted molar refractivity (Wildman–Crippen MR) is 62.8 cm³/mol. The lowest BCUT2D eigenvalue weighted by molar-refractivity contribution is 0.386. The summed E-state index contributed by atoms with van der Waals surface area (Å²) >= 11 is 0. The number of aliphatic imine (C=N–C) groups is 1. The fourth-order valence-corrected chi connectivity index (χ4v) is 1.89. The summed E-state index contributed by atoms with van der Waals surface area (Å²) in [5, 5.41) is 0. The van der Waals surface area contributed by atoms with Crippen LogP contribution in [0.25, 0.3) is 0 Å². The number of benzene rings is 1. The molecule has 86 valence electrons. The van der Waals surface area contributed by atoms with E-state index in [0.29, 0.717) is 11.7 Å². The SMILES string of the molecule is COc1cc(C2=NC[C@@H](C)CC2)ccc1F. The van der Waals surface area contributed by atoms with E-state index >= 15 is 0 Å².